The molecule has 1 heterocycles. The molecule has 0 atom stereocenters. The molecule has 0 bridgehead atoms. The molecule has 0 amide bonds. The molecule has 2 aromatic carbocycles. The Morgan fingerprint density at radius 2 is 1.71 bits per heavy atom. The van der Waals surface area contributed by atoms with Crippen molar-refractivity contribution in [2.45, 2.75) is 0 Å². The van der Waals surface area contributed by atoms with E-state index < -0.39 is 0 Å². The first-order valence-corrected chi connectivity index (χ1v) is 9.69. The second-order valence-electron chi connectivity index (χ2n) is 5.50. The monoisotopic (exact) mass is 437 g/mol. The number of rotatable bonds is 7. The Labute approximate surface area is 176 Å². The summed E-state index contributed by atoms with van der Waals surface area (Å²) in [5, 5.41) is 7.60. The minimum Gasteiger partial charge on any atom is -0.494 e. The van der Waals surface area contributed by atoms with Crippen molar-refractivity contribution in [1.29, 1.82) is 0 Å². The van der Waals surface area contributed by atoms with Crippen LogP contribution in [0.25, 0.3) is 11.3 Å². The van der Waals surface area contributed by atoms with Crippen LogP contribution < -0.4 is 19.6 Å². The Morgan fingerprint density at radius 1 is 1.00 bits per heavy atom. The average Bonchev–Trinajstić information content (AvgIpc) is 3.16. The zero-order valence-corrected chi connectivity index (χ0v) is 17.7. The van der Waals surface area contributed by atoms with Gasteiger partial charge in [0.25, 0.3) is 0 Å². The van der Waals surface area contributed by atoms with E-state index in [1.54, 1.807) is 32.6 Å². The molecule has 0 saturated heterocycles. The van der Waals surface area contributed by atoms with Gasteiger partial charge in [-0.3, -0.25) is 5.43 Å². The van der Waals surface area contributed by atoms with Crippen molar-refractivity contribution in [1.82, 2.24) is 4.98 Å². The molecule has 0 aliphatic rings. The van der Waals surface area contributed by atoms with Crippen molar-refractivity contribution < 1.29 is 14.2 Å². The number of hydrogen-bond acceptors (Lipinski definition) is 7. The highest BCUT2D eigenvalue weighted by atomic mass is 35.5. The van der Waals surface area contributed by atoms with Crippen LogP contribution >= 0.6 is 34.5 Å². The maximum absolute atomic E-state index is 6.13. The lowest BCUT2D eigenvalue weighted by molar-refractivity contribution is 0.355. The molecule has 3 aromatic rings. The van der Waals surface area contributed by atoms with Crippen molar-refractivity contribution >= 4 is 45.9 Å². The number of nitrogens with zero attached hydrogens (tertiary/aromatic N) is 2. The fourth-order valence-electron chi connectivity index (χ4n) is 2.46. The van der Waals surface area contributed by atoms with Crippen molar-refractivity contribution in [3.05, 3.63) is 51.3 Å². The molecule has 0 fully saturated rings. The first-order valence-electron chi connectivity index (χ1n) is 8.05. The Bertz CT molecular complexity index is 985. The number of hydrazone groups is 1. The normalized spacial score (nSPS) is 10.9. The standard InChI is InChI=1S/C19H17Cl2N3O3S/c1-25-16-5-4-12(8-17(16)26-2)15-10-28-19(23-15)24-22-9-11-6-13(20)18(27-3)14(21)7-11/h4-10H,1-3H3,(H,23,24)/b22-9-. The molecule has 3 rings (SSSR count). The summed E-state index contributed by atoms with van der Waals surface area (Å²) in [7, 11) is 4.71. The van der Waals surface area contributed by atoms with Gasteiger partial charge in [-0.25, -0.2) is 4.98 Å². The lowest BCUT2D eigenvalue weighted by Gasteiger charge is -2.08. The second kappa shape index (κ2) is 9.14. The van der Waals surface area contributed by atoms with Crippen molar-refractivity contribution in [3.8, 4) is 28.5 Å². The lowest BCUT2D eigenvalue weighted by atomic mass is 10.1. The van der Waals surface area contributed by atoms with E-state index in [2.05, 4.69) is 15.5 Å². The minimum absolute atomic E-state index is 0.418. The summed E-state index contributed by atoms with van der Waals surface area (Å²) < 4.78 is 15.7. The van der Waals surface area contributed by atoms with Gasteiger partial charge in [0.05, 0.1) is 43.3 Å². The first kappa shape index (κ1) is 20.3. The van der Waals surface area contributed by atoms with Crippen LogP contribution in [0.3, 0.4) is 0 Å². The average molecular weight is 438 g/mol. The Hall–Kier alpha value is -2.48. The van der Waals surface area contributed by atoms with E-state index in [0.717, 1.165) is 16.8 Å². The zero-order chi connectivity index (χ0) is 20.1. The summed E-state index contributed by atoms with van der Waals surface area (Å²) in [4.78, 5) is 4.53. The van der Waals surface area contributed by atoms with Crippen molar-refractivity contribution in [2.24, 2.45) is 5.10 Å². The number of hydrogen-bond donors (Lipinski definition) is 1. The van der Waals surface area contributed by atoms with E-state index >= 15 is 0 Å². The minimum atomic E-state index is 0.418. The molecule has 1 aromatic heterocycles. The number of ether oxygens (including phenoxy) is 3. The third-order valence-corrected chi connectivity index (χ3v) is 5.09. The van der Waals surface area contributed by atoms with Crippen LogP contribution in [-0.2, 0) is 0 Å². The van der Waals surface area contributed by atoms with Gasteiger partial charge in [0.2, 0.25) is 5.13 Å². The number of benzene rings is 2. The van der Waals surface area contributed by atoms with Crippen LogP contribution in [0.1, 0.15) is 5.56 Å². The van der Waals surface area contributed by atoms with Gasteiger partial charge >= 0.3 is 0 Å². The van der Waals surface area contributed by atoms with Gasteiger partial charge in [0, 0.05) is 10.9 Å². The Morgan fingerprint density at radius 3 is 2.36 bits per heavy atom. The molecule has 0 unspecified atom stereocenters. The zero-order valence-electron chi connectivity index (χ0n) is 15.3. The number of halogens is 2. The highest BCUT2D eigenvalue weighted by Gasteiger charge is 2.10. The third-order valence-electron chi connectivity index (χ3n) is 3.78. The molecule has 0 aliphatic carbocycles. The molecule has 9 heteroatoms. The number of nitrogens with one attached hydrogen (secondary N) is 1. The molecule has 6 nitrogen and oxygen atoms in total. The fraction of sp³-hybridized carbons (Fsp3) is 0.158. The van der Waals surface area contributed by atoms with E-state index in [-0.39, 0.29) is 0 Å². The maximum Gasteiger partial charge on any atom is 0.203 e. The van der Waals surface area contributed by atoms with Gasteiger partial charge in [-0.2, -0.15) is 5.10 Å². The highest BCUT2D eigenvalue weighted by molar-refractivity contribution is 7.14. The van der Waals surface area contributed by atoms with Gasteiger partial charge < -0.3 is 14.2 Å². The number of thiazole rings is 1. The van der Waals surface area contributed by atoms with Gasteiger partial charge in [0.15, 0.2) is 17.2 Å². The molecule has 1 N–H and O–H groups in total. The molecule has 0 aliphatic heterocycles. The third kappa shape index (κ3) is 4.49. The number of anilines is 1. The summed E-state index contributed by atoms with van der Waals surface area (Å²) in [6.07, 6.45) is 1.61. The largest absolute Gasteiger partial charge is 0.494 e. The summed E-state index contributed by atoms with van der Waals surface area (Å²) >= 11 is 13.7. The van der Waals surface area contributed by atoms with Gasteiger partial charge in [0.1, 0.15) is 0 Å². The second-order valence-corrected chi connectivity index (χ2v) is 7.17. The van der Waals surface area contributed by atoms with Gasteiger partial charge in [-0.05, 0) is 35.9 Å². The SMILES string of the molecule is COc1ccc(-c2csc(N/N=C\c3cc(Cl)c(OC)c(Cl)c3)n2)cc1OC. The molecule has 28 heavy (non-hydrogen) atoms. The van der Waals surface area contributed by atoms with E-state index in [1.807, 2.05) is 23.6 Å². The molecular formula is C19H17Cl2N3O3S. The maximum atomic E-state index is 6.13. The van der Waals surface area contributed by atoms with Gasteiger partial charge in [-0.15, -0.1) is 11.3 Å². The quantitative estimate of drug-likeness (QED) is 0.385. The predicted molar refractivity (Wildman–Crippen MR) is 115 cm³/mol. The van der Waals surface area contributed by atoms with Crippen molar-refractivity contribution in [2.75, 3.05) is 26.8 Å². The summed E-state index contributed by atoms with van der Waals surface area (Å²) in [5.74, 6) is 1.75. The summed E-state index contributed by atoms with van der Waals surface area (Å²) in [6, 6.07) is 9.08. The van der Waals surface area contributed by atoms with Crippen molar-refractivity contribution in [3.63, 3.8) is 0 Å². The first-order chi connectivity index (χ1) is 13.5. The number of aromatic nitrogens is 1. The van der Waals surface area contributed by atoms with Crippen LogP contribution in [0, 0.1) is 0 Å². The fourth-order valence-corrected chi connectivity index (χ4v) is 3.79. The van der Waals surface area contributed by atoms with E-state index in [9.17, 15) is 0 Å². The Kier molecular flexibility index (Phi) is 6.61. The van der Waals surface area contributed by atoms with Crippen LogP contribution in [-0.4, -0.2) is 32.5 Å². The topological polar surface area (TPSA) is 65.0 Å². The summed E-state index contributed by atoms with van der Waals surface area (Å²) in [5.41, 5.74) is 5.36. The predicted octanol–water partition coefficient (Wildman–Crippen LogP) is 5.59. The lowest BCUT2D eigenvalue weighted by Crippen LogP contribution is -1.93. The molecular weight excluding hydrogens is 421 g/mol. The van der Waals surface area contributed by atoms with Crippen LogP contribution in [0.15, 0.2) is 40.8 Å². The van der Waals surface area contributed by atoms with Crippen LogP contribution in [0.4, 0.5) is 5.13 Å². The van der Waals surface area contributed by atoms with Crippen LogP contribution in [0.2, 0.25) is 10.0 Å². The smallest absolute Gasteiger partial charge is 0.203 e. The van der Waals surface area contributed by atoms with E-state index in [0.29, 0.717) is 32.4 Å². The Balaban J connectivity index is 1.72. The number of methoxy groups -OCH3 is 3. The summed E-state index contributed by atoms with van der Waals surface area (Å²) in [6.45, 7) is 0. The molecule has 0 radical (unpaired) electrons. The van der Waals surface area contributed by atoms with E-state index in [1.165, 1.54) is 18.4 Å². The highest BCUT2D eigenvalue weighted by Crippen LogP contribution is 2.34. The van der Waals surface area contributed by atoms with E-state index in [4.69, 9.17) is 37.4 Å². The van der Waals surface area contributed by atoms with Gasteiger partial charge in [-0.1, -0.05) is 23.2 Å². The molecule has 0 spiro atoms. The molecule has 146 valence electrons. The van der Waals surface area contributed by atoms with Crippen LogP contribution in [0.5, 0.6) is 17.2 Å². The molecule has 0 saturated carbocycles.